The lowest BCUT2D eigenvalue weighted by atomic mass is 10.5. The van der Waals surface area contributed by atoms with E-state index in [9.17, 15) is 0 Å². The van der Waals surface area contributed by atoms with Gasteiger partial charge in [-0.25, -0.2) is 9.97 Å². The van der Waals surface area contributed by atoms with Crippen LogP contribution in [0.5, 0.6) is 0 Å². The Hall–Kier alpha value is -0.740. The summed E-state index contributed by atoms with van der Waals surface area (Å²) in [5.41, 5.74) is 5.42. The molecule has 0 saturated heterocycles. The largest absolute Gasteiger partial charge is 0.384 e. The Bertz CT molecular complexity index is 229. The summed E-state index contributed by atoms with van der Waals surface area (Å²) >= 11 is 0. The fourth-order valence-corrected chi connectivity index (χ4v) is 0.606. The van der Waals surface area contributed by atoms with Crippen LogP contribution in [0.25, 0.3) is 0 Å². The Kier molecular flexibility index (Phi) is 6.74. The third kappa shape index (κ3) is 3.59. The highest BCUT2D eigenvalue weighted by Gasteiger charge is 1.95. The molecule has 6 heteroatoms. The SMILES string of the molecule is CN(C)c1cc(N)ncn1.Cl.Cl. The second-order valence-electron chi connectivity index (χ2n) is 2.20. The molecule has 0 spiro atoms. The van der Waals surface area contributed by atoms with E-state index >= 15 is 0 Å². The Morgan fingerprint density at radius 1 is 1.25 bits per heavy atom. The van der Waals surface area contributed by atoms with Crippen LogP contribution in [0.15, 0.2) is 12.4 Å². The van der Waals surface area contributed by atoms with Crippen LogP contribution in [0.2, 0.25) is 0 Å². The van der Waals surface area contributed by atoms with E-state index in [1.807, 2.05) is 19.0 Å². The van der Waals surface area contributed by atoms with Crippen LogP contribution in [0, 0.1) is 0 Å². The number of rotatable bonds is 1. The van der Waals surface area contributed by atoms with Gasteiger partial charge in [0.2, 0.25) is 0 Å². The van der Waals surface area contributed by atoms with Gasteiger partial charge in [0.25, 0.3) is 0 Å². The number of nitrogens with zero attached hydrogens (tertiary/aromatic N) is 3. The highest BCUT2D eigenvalue weighted by Crippen LogP contribution is 2.06. The summed E-state index contributed by atoms with van der Waals surface area (Å²) in [6, 6.07) is 1.72. The van der Waals surface area contributed by atoms with E-state index in [2.05, 4.69) is 9.97 Å². The molecule has 2 N–H and O–H groups in total. The number of nitrogen functional groups attached to an aromatic ring is 1. The van der Waals surface area contributed by atoms with Gasteiger partial charge in [-0.1, -0.05) is 0 Å². The van der Waals surface area contributed by atoms with Crippen molar-refractivity contribution >= 4 is 36.4 Å². The minimum atomic E-state index is 0. The van der Waals surface area contributed by atoms with Crippen LogP contribution in [0.3, 0.4) is 0 Å². The molecule has 1 heterocycles. The Balaban J connectivity index is 0. The molecule has 0 saturated carbocycles. The van der Waals surface area contributed by atoms with Crippen LogP contribution < -0.4 is 10.6 Å². The van der Waals surface area contributed by atoms with Gasteiger partial charge < -0.3 is 10.6 Å². The van der Waals surface area contributed by atoms with E-state index in [1.165, 1.54) is 6.33 Å². The highest BCUT2D eigenvalue weighted by atomic mass is 35.5. The zero-order chi connectivity index (χ0) is 7.56. The maximum atomic E-state index is 5.42. The number of halogens is 2. The lowest BCUT2D eigenvalue weighted by molar-refractivity contribution is 1.04. The molecule has 0 aliphatic carbocycles. The first-order valence-electron chi connectivity index (χ1n) is 2.95. The van der Waals surface area contributed by atoms with Gasteiger partial charge in [-0.15, -0.1) is 24.8 Å². The number of hydrogen-bond donors (Lipinski definition) is 1. The number of hydrogen-bond acceptors (Lipinski definition) is 4. The zero-order valence-electron chi connectivity index (χ0n) is 6.89. The van der Waals surface area contributed by atoms with Gasteiger partial charge in [0.1, 0.15) is 18.0 Å². The van der Waals surface area contributed by atoms with Crippen molar-refractivity contribution in [2.24, 2.45) is 0 Å². The molecule has 0 amide bonds. The number of aromatic nitrogens is 2. The quantitative estimate of drug-likeness (QED) is 0.751. The predicted octanol–water partition coefficient (Wildman–Crippen LogP) is 0.968. The first kappa shape index (κ1) is 13.8. The molecule has 0 unspecified atom stereocenters. The minimum absolute atomic E-state index is 0. The van der Waals surface area contributed by atoms with Gasteiger partial charge in [0.05, 0.1) is 0 Å². The normalized spacial score (nSPS) is 7.83. The molecule has 1 rings (SSSR count). The van der Waals surface area contributed by atoms with Gasteiger partial charge in [-0.05, 0) is 0 Å². The average molecular weight is 211 g/mol. The van der Waals surface area contributed by atoms with Crippen molar-refractivity contribution < 1.29 is 0 Å². The number of anilines is 2. The van der Waals surface area contributed by atoms with E-state index in [0.717, 1.165) is 5.82 Å². The minimum Gasteiger partial charge on any atom is -0.384 e. The second kappa shape index (κ2) is 5.85. The van der Waals surface area contributed by atoms with E-state index in [0.29, 0.717) is 5.82 Å². The van der Waals surface area contributed by atoms with Crippen LogP contribution in [0.1, 0.15) is 0 Å². The molecule has 0 bridgehead atoms. The third-order valence-corrected chi connectivity index (χ3v) is 1.13. The highest BCUT2D eigenvalue weighted by molar-refractivity contribution is 5.85. The monoisotopic (exact) mass is 210 g/mol. The average Bonchev–Trinajstić information content (AvgIpc) is 1.88. The Morgan fingerprint density at radius 2 is 1.83 bits per heavy atom. The Morgan fingerprint density at radius 3 is 2.17 bits per heavy atom. The van der Waals surface area contributed by atoms with E-state index in [1.54, 1.807) is 6.07 Å². The standard InChI is InChI=1S/C6H10N4.2ClH/c1-10(2)6-3-5(7)8-4-9-6;;/h3-4H,1-2H3,(H2,7,8,9);2*1H. The van der Waals surface area contributed by atoms with Crippen molar-refractivity contribution in [3.8, 4) is 0 Å². The number of nitrogens with two attached hydrogens (primary N) is 1. The van der Waals surface area contributed by atoms with Crippen molar-refractivity contribution in [3.05, 3.63) is 12.4 Å². The van der Waals surface area contributed by atoms with Crippen molar-refractivity contribution in [1.29, 1.82) is 0 Å². The summed E-state index contributed by atoms with van der Waals surface area (Å²) in [6.07, 6.45) is 1.45. The molecule has 0 aromatic carbocycles. The summed E-state index contributed by atoms with van der Waals surface area (Å²) in [4.78, 5) is 9.61. The van der Waals surface area contributed by atoms with Crippen molar-refractivity contribution in [2.45, 2.75) is 0 Å². The first-order chi connectivity index (χ1) is 4.70. The van der Waals surface area contributed by atoms with E-state index in [4.69, 9.17) is 5.73 Å². The van der Waals surface area contributed by atoms with Gasteiger partial charge in [-0.2, -0.15) is 0 Å². The molecule has 0 atom stereocenters. The summed E-state index contributed by atoms with van der Waals surface area (Å²) in [7, 11) is 3.81. The molecular weight excluding hydrogens is 199 g/mol. The predicted molar refractivity (Wildman–Crippen MR) is 55.3 cm³/mol. The molecule has 0 fully saturated rings. The molecule has 0 radical (unpaired) electrons. The molecule has 1 aromatic rings. The van der Waals surface area contributed by atoms with Crippen molar-refractivity contribution in [2.75, 3.05) is 24.7 Å². The zero-order valence-corrected chi connectivity index (χ0v) is 8.52. The fraction of sp³-hybridized carbons (Fsp3) is 0.333. The van der Waals surface area contributed by atoms with Crippen molar-refractivity contribution in [1.82, 2.24) is 9.97 Å². The maximum absolute atomic E-state index is 5.42. The van der Waals surface area contributed by atoms with Crippen LogP contribution >= 0.6 is 24.8 Å². The van der Waals surface area contributed by atoms with Crippen LogP contribution in [0.4, 0.5) is 11.6 Å². The smallest absolute Gasteiger partial charge is 0.133 e. The summed E-state index contributed by atoms with van der Waals surface area (Å²) in [6.45, 7) is 0. The molecule has 70 valence electrons. The van der Waals surface area contributed by atoms with Crippen LogP contribution in [-0.4, -0.2) is 24.1 Å². The lowest BCUT2D eigenvalue weighted by Gasteiger charge is -2.09. The topological polar surface area (TPSA) is 55.0 Å². The van der Waals surface area contributed by atoms with E-state index < -0.39 is 0 Å². The van der Waals surface area contributed by atoms with Crippen LogP contribution in [-0.2, 0) is 0 Å². The Labute approximate surface area is 84.0 Å². The molecule has 0 aliphatic rings. The van der Waals surface area contributed by atoms with Crippen molar-refractivity contribution in [3.63, 3.8) is 0 Å². The summed E-state index contributed by atoms with van der Waals surface area (Å²) < 4.78 is 0. The first-order valence-corrected chi connectivity index (χ1v) is 2.95. The maximum Gasteiger partial charge on any atom is 0.133 e. The molecule has 4 nitrogen and oxygen atoms in total. The fourth-order valence-electron chi connectivity index (χ4n) is 0.606. The molecule has 0 aliphatic heterocycles. The van der Waals surface area contributed by atoms with Gasteiger partial charge in [0, 0.05) is 20.2 Å². The molecule has 12 heavy (non-hydrogen) atoms. The lowest BCUT2D eigenvalue weighted by Crippen LogP contribution is -2.11. The summed E-state index contributed by atoms with van der Waals surface area (Å²) in [5, 5.41) is 0. The van der Waals surface area contributed by atoms with E-state index in [-0.39, 0.29) is 24.8 Å². The van der Waals surface area contributed by atoms with Gasteiger partial charge in [-0.3, -0.25) is 0 Å². The van der Waals surface area contributed by atoms with Gasteiger partial charge in [0.15, 0.2) is 0 Å². The third-order valence-electron chi connectivity index (χ3n) is 1.13. The molecule has 1 aromatic heterocycles. The molecular formula is C6H12Cl2N4. The van der Waals surface area contributed by atoms with Gasteiger partial charge >= 0.3 is 0 Å². The second-order valence-corrected chi connectivity index (χ2v) is 2.20. The summed E-state index contributed by atoms with van der Waals surface area (Å²) in [5.74, 6) is 1.33.